The normalized spacial score (nSPS) is 17.8. The van der Waals surface area contributed by atoms with Crippen molar-refractivity contribution < 1.29 is 17.9 Å². The predicted molar refractivity (Wildman–Crippen MR) is 136 cm³/mol. The number of tetrazole rings is 1. The van der Waals surface area contributed by atoms with E-state index >= 15 is 0 Å². The minimum Gasteiger partial charge on any atom is -0.480 e. The van der Waals surface area contributed by atoms with Gasteiger partial charge in [-0.05, 0) is 90.1 Å². The molecule has 3 aromatic rings. The van der Waals surface area contributed by atoms with E-state index in [-0.39, 0.29) is 10.6 Å². The Labute approximate surface area is 214 Å². The summed E-state index contributed by atoms with van der Waals surface area (Å²) in [6.45, 7) is 0.530. The summed E-state index contributed by atoms with van der Waals surface area (Å²) >= 11 is 0. The van der Waals surface area contributed by atoms with Gasteiger partial charge in [0.25, 0.3) is 15.9 Å². The highest BCUT2D eigenvalue weighted by atomic mass is 32.2. The number of primary amides is 1. The van der Waals surface area contributed by atoms with Gasteiger partial charge in [-0.15, -0.1) is 0 Å². The molecule has 5 rings (SSSR count). The first kappa shape index (κ1) is 25.0. The Morgan fingerprint density at radius 2 is 1.84 bits per heavy atom. The van der Waals surface area contributed by atoms with E-state index in [2.05, 4.69) is 15.1 Å². The van der Waals surface area contributed by atoms with Gasteiger partial charge in [0.1, 0.15) is 5.75 Å². The summed E-state index contributed by atoms with van der Waals surface area (Å²) in [4.78, 5) is 24.2. The van der Waals surface area contributed by atoms with E-state index in [9.17, 15) is 18.0 Å². The molecule has 1 amide bonds. The molecule has 1 aromatic heterocycles. The molecule has 1 aliphatic carbocycles. The second-order valence-corrected chi connectivity index (χ2v) is 11.3. The van der Waals surface area contributed by atoms with Gasteiger partial charge in [0.05, 0.1) is 10.6 Å². The monoisotopic (exact) mass is 526 g/mol. The Bertz CT molecular complexity index is 1440. The number of anilines is 1. The van der Waals surface area contributed by atoms with Crippen LogP contribution in [0, 0.1) is 5.92 Å². The van der Waals surface area contributed by atoms with Gasteiger partial charge in [0, 0.05) is 12.2 Å². The Morgan fingerprint density at radius 1 is 1.08 bits per heavy atom. The number of fused-ring (bicyclic) bond motifs is 1. The van der Waals surface area contributed by atoms with Crippen molar-refractivity contribution in [1.82, 2.24) is 19.8 Å². The molecule has 1 atom stereocenters. The van der Waals surface area contributed by atoms with Crippen molar-refractivity contribution in [3.05, 3.63) is 58.5 Å². The lowest BCUT2D eigenvalue weighted by atomic mass is 10.0. The lowest BCUT2D eigenvalue weighted by Crippen LogP contribution is -2.36. The van der Waals surface area contributed by atoms with Crippen LogP contribution in [-0.4, -0.2) is 40.2 Å². The molecule has 0 radical (unpaired) electrons. The van der Waals surface area contributed by atoms with Crippen molar-refractivity contribution >= 4 is 21.6 Å². The number of carbonyl (C=O) groups excluding carboxylic acids is 1. The smallest absolute Gasteiger partial charge is 0.368 e. The molecule has 1 fully saturated rings. The summed E-state index contributed by atoms with van der Waals surface area (Å²) in [5.74, 6) is 0.665. The molecule has 196 valence electrons. The molecule has 37 heavy (non-hydrogen) atoms. The maximum atomic E-state index is 13.0. The lowest BCUT2D eigenvalue weighted by molar-refractivity contribution is -0.125. The number of sulfonamides is 1. The predicted octanol–water partition coefficient (Wildman–Crippen LogP) is 2.38. The van der Waals surface area contributed by atoms with Crippen molar-refractivity contribution in [2.45, 2.75) is 68.9 Å². The van der Waals surface area contributed by atoms with Crippen LogP contribution in [0.5, 0.6) is 5.75 Å². The van der Waals surface area contributed by atoms with Crippen LogP contribution < -0.4 is 20.9 Å². The van der Waals surface area contributed by atoms with Crippen LogP contribution in [0.15, 0.2) is 52.2 Å². The van der Waals surface area contributed by atoms with Crippen LogP contribution in [0.1, 0.15) is 50.5 Å². The number of rotatable bonds is 9. The molecular weight excluding hydrogens is 496 g/mol. The summed E-state index contributed by atoms with van der Waals surface area (Å²) in [5, 5.41) is 7.98. The number of amides is 1. The summed E-state index contributed by atoms with van der Waals surface area (Å²) in [6, 6.07) is 10.8. The fourth-order valence-electron chi connectivity index (χ4n) is 5.02. The number of benzene rings is 2. The first-order chi connectivity index (χ1) is 17.8. The Balaban J connectivity index is 1.24. The number of nitrogens with one attached hydrogen (secondary N) is 1. The van der Waals surface area contributed by atoms with Crippen LogP contribution >= 0.6 is 0 Å². The first-order valence-corrected chi connectivity index (χ1v) is 14.0. The highest BCUT2D eigenvalue weighted by Crippen LogP contribution is 2.31. The van der Waals surface area contributed by atoms with Crippen molar-refractivity contribution in [3.63, 3.8) is 0 Å². The van der Waals surface area contributed by atoms with E-state index in [0.717, 1.165) is 18.8 Å². The molecule has 1 unspecified atom stereocenters. The van der Waals surface area contributed by atoms with Crippen molar-refractivity contribution in [2.24, 2.45) is 11.7 Å². The molecule has 2 heterocycles. The average molecular weight is 527 g/mol. The highest BCUT2D eigenvalue weighted by molar-refractivity contribution is 7.92. The zero-order valence-corrected chi connectivity index (χ0v) is 21.2. The quantitative estimate of drug-likeness (QED) is 0.434. The minimum absolute atomic E-state index is 0.0771. The number of hydrogen-bond donors (Lipinski definition) is 2. The Kier molecular flexibility index (Phi) is 7.00. The standard InChI is InChI=1S/C25H30N6O5S/c26-24(32)23-13-7-18-16-21(12-14-22(18)36-23)37(34,35)27-19-8-10-20(11-9-19)31-25(33)30(28-29-31)15-3-6-17-4-1-2-5-17/h8-12,14,16-17,23,27H,1-7,13,15H2,(H2,26,32). The highest BCUT2D eigenvalue weighted by Gasteiger charge is 2.26. The Morgan fingerprint density at radius 3 is 2.57 bits per heavy atom. The number of nitrogens with two attached hydrogens (primary N) is 1. The largest absolute Gasteiger partial charge is 0.480 e. The third-order valence-corrected chi connectivity index (χ3v) is 8.44. The van der Waals surface area contributed by atoms with Crippen LogP contribution in [0.25, 0.3) is 5.69 Å². The number of aryl methyl sites for hydroxylation is 2. The summed E-state index contributed by atoms with van der Waals surface area (Å²) in [7, 11) is -3.87. The van der Waals surface area contributed by atoms with Gasteiger partial charge < -0.3 is 10.5 Å². The number of aromatic nitrogens is 4. The number of ether oxygens (including phenoxy) is 1. The van der Waals surface area contributed by atoms with Crippen LogP contribution in [0.3, 0.4) is 0 Å². The van der Waals surface area contributed by atoms with E-state index in [1.807, 2.05) is 0 Å². The van der Waals surface area contributed by atoms with E-state index in [0.29, 0.717) is 42.1 Å². The van der Waals surface area contributed by atoms with Gasteiger partial charge in [-0.3, -0.25) is 9.52 Å². The Hall–Kier alpha value is -3.67. The van der Waals surface area contributed by atoms with E-state index in [4.69, 9.17) is 10.5 Å². The maximum Gasteiger partial charge on any atom is 0.368 e. The molecule has 1 saturated carbocycles. The second kappa shape index (κ2) is 10.4. The van der Waals surface area contributed by atoms with Crippen LogP contribution in [-0.2, 0) is 27.8 Å². The summed E-state index contributed by atoms with van der Waals surface area (Å²) in [5.41, 5.74) is 6.51. The van der Waals surface area contributed by atoms with Gasteiger partial charge in [0.2, 0.25) is 0 Å². The van der Waals surface area contributed by atoms with Crippen LogP contribution in [0.4, 0.5) is 5.69 Å². The fraction of sp³-hybridized carbons (Fsp3) is 0.440. The molecule has 0 bridgehead atoms. The van der Waals surface area contributed by atoms with Gasteiger partial charge in [-0.1, -0.05) is 25.7 Å². The van der Waals surface area contributed by atoms with Crippen molar-refractivity contribution in [2.75, 3.05) is 4.72 Å². The maximum absolute atomic E-state index is 13.0. The molecule has 0 spiro atoms. The average Bonchev–Trinajstić information content (AvgIpc) is 3.54. The number of nitrogens with zero attached hydrogens (tertiary/aromatic N) is 4. The second-order valence-electron chi connectivity index (χ2n) is 9.66. The van der Waals surface area contributed by atoms with Crippen molar-refractivity contribution in [1.29, 1.82) is 0 Å². The third-order valence-electron chi connectivity index (χ3n) is 7.07. The summed E-state index contributed by atoms with van der Waals surface area (Å²) in [6.07, 6.45) is 7.30. The number of carbonyl (C=O) groups is 1. The van der Waals surface area contributed by atoms with Crippen LogP contribution in [0.2, 0.25) is 0 Å². The molecular formula is C25H30N6O5S. The third kappa shape index (κ3) is 5.53. The van der Waals surface area contributed by atoms with E-state index < -0.39 is 22.0 Å². The van der Waals surface area contributed by atoms with E-state index in [1.165, 1.54) is 53.2 Å². The SMILES string of the molecule is NC(=O)C1CCc2cc(S(=O)(=O)Nc3ccc(-n4nnn(CCCC5CCCC5)c4=O)cc3)ccc2O1. The zero-order valence-electron chi connectivity index (χ0n) is 20.4. The summed E-state index contributed by atoms with van der Waals surface area (Å²) < 4.78 is 36.6. The zero-order chi connectivity index (χ0) is 26.0. The molecule has 11 nitrogen and oxygen atoms in total. The topological polar surface area (TPSA) is 151 Å². The molecule has 3 N–H and O–H groups in total. The van der Waals surface area contributed by atoms with Gasteiger partial charge in [0.15, 0.2) is 6.10 Å². The van der Waals surface area contributed by atoms with Crippen molar-refractivity contribution in [3.8, 4) is 11.4 Å². The lowest BCUT2D eigenvalue weighted by Gasteiger charge is -2.24. The fourth-order valence-corrected chi connectivity index (χ4v) is 6.13. The van der Waals surface area contributed by atoms with Gasteiger partial charge in [-0.2, -0.15) is 9.36 Å². The van der Waals surface area contributed by atoms with Gasteiger partial charge >= 0.3 is 5.69 Å². The van der Waals surface area contributed by atoms with E-state index in [1.54, 1.807) is 24.3 Å². The molecule has 0 saturated heterocycles. The number of hydrogen-bond acceptors (Lipinski definition) is 7. The molecule has 1 aliphatic heterocycles. The molecule has 2 aromatic carbocycles. The minimum atomic E-state index is -3.87. The molecule has 2 aliphatic rings. The van der Waals surface area contributed by atoms with Gasteiger partial charge in [-0.25, -0.2) is 13.2 Å². The molecule has 12 heteroatoms. The first-order valence-electron chi connectivity index (χ1n) is 12.6.